The fourth-order valence-electron chi connectivity index (χ4n) is 2.92. The van der Waals surface area contributed by atoms with E-state index in [9.17, 15) is 23.5 Å². The monoisotopic (exact) mass is 429 g/mol. The summed E-state index contributed by atoms with van der Waals surface area (Å²) in [6.45, 7) is -0.196. The van der Waals surface area contributed by atoms with Gasteiger partial charge in [0.2, 0.25) is 0 Å². The molecule has 7 nitrogen and oxygen atoms in total. The number of pyridine rings is 1. The first-order valence-electron chi connectivity index (χ1n) is 8.91. The molecule has 1 aliphatic carbocycles. The summed E-state index contributed by atoms with van der Waals surface area (Å²) in [4.78, 5) is 28.3. The van der Waals surface area contributed by atoms with Crippen LogP contribution in [0.25, 0.3) is 10.9 Å². The molecule has 158 valence electrons. The summed E-state index contributed by atoms with van der Waals surface area (Å²) < 4.78 is 29.1. The minimum atomic E-state index is -3.01. The van der Waals surface area contributed by atoms with Gasteiger partial charge in [-0.25, -0.2) is 0 Å². The first-order valence-corrected chi connectivity index (χ1v) is 9.29. The number of aromatic nitrogens is 1. The van der Waals surface area contributed by atoms with Gasteiger partial charge in [-0.2, -0.15) is 8.78 Å². The zero-order chi connectivity index (χ0) is 21.3. The third-order valence-electron chi connectivity index (χ3n) is 4.58. The quantitative estimate of drug-likeness (QED) is 0.655. The first kappa shape index (κ1) is 21.2. The smallest absolute Gasteiger partial charge is 0.387 e. The van der Waals surface area contributed by atoms with Gasteiger partial charge in [0, 0.05) is 31.2 Å². The van der Waals surface area contributed by atoms with E-state index in [0.717, 1.165) is 0 Å². The number of hydrogen-bond acceptors (Lipinski definition) is 5. The zero-order valence-corrected chi connectivity index (χ0v) is 16.5. The standard InChI is InChI=1S/C19H20ClF2N3O4.H2/c1-19(2,28)17(27)25-12-5-11(6-12)24-16(26)10-3-9-4-13(20)15(29-18(21)22)7-14(9)23-8-10;/h3-4,7-8,11-12,18,28H,5-6H2,1-2H3,(H,24,26)(H,25,27);1H. The average molecular weight is 430 g/mol. The SMILES string of the molecule is CC(C)(O)C(=O)NC1CC(NC(=O)c2cnc3cc(OC(F)F)c(Cl)cc3c2)C1.[HH]. The van der Waals surface area contributed by atoms with E-state index >= 15 is 0 Å². The number of hydrogen-bond donors (Lipinski definition) is 3. The molecule has 2 amide bonds. The molecule has 29 heavy (non-hydrogen) atoms. The molecule has 0 radical (unpaired) electrons. The molecule has 0 aliphatic heterocycles. The number of benzene rings is 1. The van der Waals surface area contributed by atoms with Crippen LogP contribution in [0.2, 0.25) is 5.02 Å². The Bertz CT molecular complexity index is 949. The molecule has 0 unspecified atom stereocenters. The molecule has 2 aromatic rings. The summed E-state index contributed by atoms with van der Waals surface area (Å²) >= 11 is 5.95. The van der Waals surface area contributed by atoms with Crippen molar-refractivity contribution in [1.29, 1.82) is 0 Å². The molecule has 1 heterocycles. The number of ether oxygens (including phenoxy) is 1. The van der Waals surface area contributed by atoms with Crippen LogP contribution in [0.15, 0.2) is 24.4 Å². The fraction of sp³-hybridized carbons (Fsp3) is 0.421. The molecule has 1 saturated carbocycles. The van der Waals surface area contributed by atoms with Crippen molar-refractivity contribution in [1.82, 2.24) is 15.6 Å². The number of fused-ring (bicyclic) bond motifs is 1. The number of nitrogens with zero attached hydrogens (tertiary/aromatic N) is 1. The van der Waals surface area contributed by atoms with E-state index in [-0.39, 0.29) is 30.2 Å². The molecule has 1 aromatic heterocycles. The van der Waals surface area contributed by atoms with Crippen LogP contribution in [-0.4, -0.2) is 46.2 Å². The second-order valence-electron chi connectivity index (χ2n) is 7.45. The van der Waals surface area contributed by atoms with E-state index in [1.54, 1.807) is 6.07 Å². The second kappa shape index (κ2) is 8.08. The molecule has 0 bridgehead atoms. The lowest BCUT2D eigenvalue weighted by Crippen LogP contribution is -2.56. The summed E-state index contributed by atoms with van der Waals surface area (Å²) in [7, 11) is 0. The third-order valence-corrected chi connectivity index (χ3v) is 4.87. The highest BCUT2D eigenvalue weighted by molar-refractivity contribution is 6.32. The molecule has 3 rings (SSSR count). The van der Waals surface area contributed by atoms with Gasteiger partial charge in [-0.1, -0.05) is 11.6 Å². The van der Waals surface area contributed by atoms with Gasteiger partial charge in [0.05, 0.1) is 16.1 Å². The van der Waals surface area contributed by atoms with Crippen molar-refractivity contribution in [2.75, 3.05) is 0 Å². The summed E-state index contributed by atoms with van der Waals surface area (Å²) in [5.74, 6) is -0.994. The van der Waals surface area contributed by atoms with Crippen LogP contribution in [0.5, 0.6) is 5.75 Å². The Labute approximate surface area is 171 Å². The van der Waals surface area contributed by atoms with Gasteiger partial charge in [0.15, 0.2) is 0 Å². The van der Waals surface area contributed by atoms with Gasteiger partial charge >= 0.3 is 6.61 Å². The number of carbonyl (C=O) groups is 2. The maximum Gasteiger partial charge on any atom is 0.387 e. The van der Waals surface area contributed by atoms with E-state index in [2.05, 4.69) is 20.4 Å². The lowest BCUT2D eigenvalue weighted by Gasteiger charge is -2.37. The first-order chi connectivity index (χ1) is 13.5. The molecular weight excluding hydrogens is 408 g/mol. The molecule has 1 aromatic carbocycles. The minimum Gasteiger partial charge on any atom is -0.433 e. The van der Waals surface area contributed by atoms with E-state index in [0.29, 0.717) is 29.3 Å². The number of rotatable bonds is 6. The van der Waals surface area contributed by atoms with Crippen molar-refractivity contribution >= 4 is 34.3 Å². The zero-order valence-electron chi connectivity index (χ0n) is 15.7. The Morgan fingerprint density at radius 2 is 1.93 bits per heavy atom. The highest BCUT2D eigenvalue weighted by Gasteiger charge is 2.34. The Morgan fingerprint density at radius 1 is 1.28 bits per heavy atom. The Balaban J connectivity index is 0.00000320. The molecule has 0 atom stereocenters. The van der Waals surface area contributed by atoms with Crippen molar-refractivity contribution in [3.8, 4) is 5.75 Å². The second-order valence-corrected chi connectivity index (χ2v) is 7.86. The Hall–Kier alpha value is -2.52. The molecule has 1 aliphatic rings. The number of amides is 2. The molecule has 0 spiro atoms. The lowest BCUT2D eigenvalue weighted by molar-refractivity contribution is -0.137. The van der Waals surface area contributed by atoms with Crippen LogP contribution < -0.4 is 15.4 Å². The summed E-state index contributed by atoms with van der Waals surface area (Å²) in [6.07, 6.45) is 2.44. The van der Waals surface area contributed by atoms with Crippen molar-refractivity contribution in [3.63, 3.8) is 0 Å². The lowest BCUT2D eigenvalue weighted by atomic mass is 9.86. The molecule has 10 heteroatoms. The van der Waals surface area contributed by atoms with Crippen molar-refractivity contribution in [2.45, 2.75) is 51.0 Å². The topological polar surface area (TPSA) is 101 Å². The molecule has 3 N–H and O–H groups in total. The van der Waals surface area contributed by atoms with Crippen LogP contribution >= 0.6 is 11.6 Å². The predicted molar refractivity (Wildman–Crippen MR) is 104 cm³/mol. The summed E-state index contributed by atoms with van der Waals surface area (Å²) in [5, 5.41) is 15.7. The number of carbonyl (C=O) groups excluding carboxylic acids is 2. The number of nitrogens with one attached hydrogen (secondary N) is 2. The predicted octanol–water partition coefficient (Wildman–Crippen LogP) is 2.88. The molecular formula is C19H22ClF2N3O4. The Kier molecular flexibility index (Phi) is 5.90. The van der Waals surface area contributed by atoms with Gasteiger partial charge in [-0.15, -0.1) is 0 Å². The maximum absolute atomic E-state index is 12.4. The molecule has 0 saturated heterocycles. The van der Waals surface area contributed by atoms with Crippen molar-refractivity contribution in [3.05, 3.63) is 35.0 Å². The van der Waals surface area contributed by atoms with E-state index in [1.807, 2.05) is 0 Å². The van der Waals surface area contributed by atoms with E-state index in [1.165, 1.54) is 32.2 Å². The van der Waals surface area contributed by atoms with Crippen LogP contribution in [0.3, 0.4) is 0 Å². The summed E-state index contributed by atoms with van der Waals surface area (Å²) in [6, 6.07) is 4.02. The average Bonchev–Trinajstić information content (AvgIpc) is 2.58. The maximum atomic E-state index is 12.4. The largest absolute Gasteiger partial charge is 0.433 e. The number of aliphatic hydroxyl groups is 1. The van der Waals surface area contributed by atoms with Gasteiger partial charge in [-0.3, -0.25) is 14.6 Å². The number of halogens is 3. The van der Waals surface area contributed by atoms with Crippen molar-refractivity contribution in [2.24, 2.45) is 0 Å². The van der Waals surface area contributed by atoms with Gasteiger partial charge in [0.25, 0.3) is 11.8 Å². The van der Waals surface area contributed by atoms with E-state index in [4.69, 9.17) is 11.6 Å². The van der Waals surface area contributed by atoms with Crippen LogP contribution in [0, 0.1) is 0 Å². The Morgan fingerprint density at radius 3 is 2.55 bits per heavy atom. The number of alkyl halides is 2. The third kappa shape index (κ3) is 5.10. The highest BCUT2D eigenvalue weighted by Crippen LogP contribution is 2.31. The summed E-state index contributed by atoms with van der Waals surface area (Å²) in [5.41, 5.74) is -0.799. The van der Waals surface area contributed by atoms with Crippen LogP contribution in [0.1, 0.15) is 38.5 Å². The molecule has 1 fully saturated rings. The van der Waals surface area contributed by atoms with Gasteiger partial charge in [-0.05, 0) is 38.8 Å². The fourth-order valence-corrected chi connectivity index (χ4v) is 3.14. The van der Waals surface area contributed by atoms with Crippen LogP contribution in [0.4, 0.5) is 8.78 Å². The highest BCUT2D eigenvalue weighted by atomic mass is 35.5. The van der Waals surface area contributed by atoms with Gasteiger partial charge < -0.3 is 20.5 Å². The minimum absolute atomic E-state index is 0. The van der Waals surface area contributed by atoms with Crippen molar-refractivity contribution < 1.29 is 29.6 Å². The normalized spacial score (nSPS) is 19.0. The van der Waals surface area contributed by atoms with Gasteiger partial charge in [0.1, 0.15) is 11.4 Å². The van der Waals surface area contributed by atoms with E-state index < -0.39 is 18.1 Å². The van der Waals surface area contributed by atoms with Crippen LogP contribution in [-0.2, 0) is 4.79 Å².